The maximum absolute atomic E-state index is 12.5. The highest BCUT2D eigenvalue weighted by atomic mass is 16.7. The number of hydrogen-bond acceptors (Lipinski definition) is 6. The molecule has 0 saturated carbocycles. The molecular weight excluding hydrogens is 324 g/mol. The minimum Gasteiger partial charge on any atom is -0.404 e. The summed E-state index contributed by atoms with van der Waals surface area (Å²) in [6.45, 7) is 0.844. The van der Waals surface area contributed by atoms with Gasteiger partial charge in [0.15, 0.2) is 11.3 Å². The average Bonchev–Trinajstić information content (AvgIpc) is 3.25. The van der Waals surface area contributed by atoms with Gasteiger partial charge in [-0.3, -0.25) is 15.1 Å². The van der Waals surface area contributed by atoms with E-state index >= 15 is 0 Å². The second kappa shape index (κ2) is 5.40. The van der Waals surface area contributed by atoms with E-state index in [9.17, 15) is 9.59 Å². The number of hydrogen-bond donors (Lipinski definition) is 3. The highest BCUT2D eigenvalue weighted by Gasteiger charge is 2.62. The summed E-state index contributed by atoms with van der Waals surface area (Å²) in [6, 6.07) is 5.01. The number of nitrogens with two attached hydrogens (primary N) is 1. The van der Waals surface area contributed by atoms with Crippen molar-refractivity contribution < 1.29 is 19.1 Å². The number of fused-ring (bicyclic) bond motifs is 3. The molecule has 1 atom stereocenters. The number of nitrogens with zero attached hydrogens (tertiary/aromatic N) is 1. The summed E-state index contributed by atoms with van der Waals surface area (Å²) < 4.78 is 11.8. The summed E-state index contributed by atoms with van der Waals surface area (Å²) in [5.41, 5.74) is 7.48. The van der Waals surface area contributed by atoms with Gasteiger partial charge in [0.1, 0.15) is 0 Å². The van der Waals surface area contributed by atoms with Crippen molar-refractivity contribution in [3.8, 4) is 0 Å². The number of allylic oxidation sites excluding steroid dienone is 1. The van der Waals surface area contributed by atoms with Gasteiger partial charge >= 0.3 is 6.03 Å². The van der Waals surface area contributed by atoms with Crippen LogP contribution >= 0.6 is 0 Å². The molecule has 1 aromatic carbocycles. The minimum atomic E-state index is -1.18. The molecule has 8 heteroatoms. The highest BCUT2D eigenvalue weighted by molar-refractivity contribution is 6.10. The molecular formula is C17H18N4O4. The van der Waals surface area contributed by atoms with E-state index in [1.807, 2.05) is 18.2 Å². The van der Waals surface area contributed by atoms with Crippen molar-refractivity contribution in [3.63, 3.8) is 0 Å². The first-order chi connectivity index (χ1) is 12.0. The van der Waals surface area contributed by atoms with E-state index in [2.05, 4.69) is 15.6 Å². The van der Waals surface area contributed by atoms with E-state index < -0.39 is 23.3 Å². The summed E-state index contributed by atoms with van der Waals surface area (Å²) in [5.74, 6) is -1.45. The van der Waals surface area contributed by atoms with Crippen molar-refractivity contribution in [3.05, 3.63) is 41.1 Å². The summed E-state index contributed by atoms with van der Waals surface area (Å²) in [7, 11) is 1.66. The number of nitrogens with one attached hydrogen (secondary N) is 2. The van der Waals surface area contributed by atoms with E-state index in [4.69, 9.17) is 15.2 Å². The number of carbonyl (C=O) groups is 2. The van der Waals surface area contributed by atoms with Gasteiger partial charge in [-0.15, -0.1) is 0 Å². The van der Waals surface area contributed by atoms with Gasteiger partial charge in [-0.25, -0.2) is 4.79 Å². The number of carbonyl (C=O) groups excluding carboxylic acids is 2. The normalized spacial score (nSPS) is 27.3. The van der Waals surface area contributed by atoms with Crippen LogP contribution in [0.5, 0.6) is 0 Å². The molecule has 0 bridgehead atoms. The van der Waals surface area contributed by atoms with E-state index in [-0.39, 0.29) is 6.42 Å². The smallest absolute Gasteiger partial charge is 0.322 e. The van der Waals surface area contributed by atoms with Crippen LogP contribution in [0.25, 0.3) is 5.57 Å². The van der Waals surface area contributed by atoms with Gasteiger partial charge in [-0.2, -0.15) is 0 Å². The summed E-state index contributed by atoms with van der Waals surface area (Å²) in [5, 5.41) is 5.06. The zero-order valence-electron chi connectivity index (χ0n) is 13.7. The fourth-order valence-corrected chi connectivity index (χ4v) is 3.82. The van der Waals surface area contributed by atoms with E-state index in [0.717, 1.165) is 16.7 Å². The van der Waals surface area contributed by atoms with Gasteiger partial charge in [-0.1, -0.05) is 12.1 Å². The van der Waals surface area contributed by atoms with Crippen LogP contribution in [0.2, 0.25) is 0 Å². The van der Waals surface area contributed by atoms with Crippen molar-refractivity contribution >= 4 is 23.7 Å². The largest absolute Gasteiger partial charge is 0.404 e. The SMILES string of the molecule is CN=CC(=CN)c1ccc2c(c1)C1(CC23NC(=O)NC3=O)OCCO1. The Labute approximate surface area is 144 Å². The van der Waals surface area contributed by atoms with Gasteiger partial charge in [0.05, 0.1) is 13.2 Å². The Morgan fingerprint density at radius 3 is 2.64 bits per heavy atom. The van der Waals surface area contributed by atoms with E-state index in [1.165, 1.54) is 6.20 Å². The van der Waals surface area contributed by atoms with E-state index in [0.29, 0.717) is 18.8 Å². The lowest BCUT2D eigenvalue weighted by atomic mass is 9.91. The molecule has 2 heterocycles. The number of urea groups is 1. The first kappa shape index (κ1) is 15.8. The molecule has 3 amide bonds. The molecule has 1 aromatic rings. The zero-order chi connectivity index (χ0) is 17.7. The van der Waals surface area contributed by atoms with Gasteiger partial charge in [-0.05, 0) is 17.2 Å². The van der Waals surface area contributed by atoms with Crippen LogP contribution in [0, 0.1) is 0 Å². The number of ether oxygens (including phenoxy) is 2. The zero-order valence-corrected chi connectivity index (χ0v) is 13.7. The fourth-order valence-electron chi connectivity index (χ4n) is 3.82. The number of imide groups is 1. The van der Waals surface area contributed by atoms with Crippen LogP contribution in [0.15, 0.2) is 29.4 Å². The Hall–Kier alpha value is -2.71. The van der Waals surface area contributed by atoms with Crippen LogP contribution < -0.4 is 16.4 Å². The topological polar surface area (TPSA) is 115 Å². The predicted octanol–water partition coefficient (Wildman–Crippen LogP) is 0.325. The van der Waals surface area contributed by atoms with Crippen molar-refractivity contribution in [1.29, 1.82) is 0 Å². The molecule has 1 aliphatic carbocycles. The van der Waals surface area contributed by atoms with Gasteiger partial charge in [0.25, 0.3) is 5.91 Å². The number of benzene rings is 1. The molecule has 0 radical (unpaired) electrons. The quantitative estimate of drug-likeness (QED) is 0.529. The maximum Gasteiger partial charge on any atom is 0.322 e. The van der Waals surface area contributed by atoms with E-state index in [1.54, 1.807) is 13.3 Å². The standard InChI is InChI=1S/C17H18N4O4/c1-19-8-11(7-18)10-2-3-12-13(6-10)17(24-4-5-25-17)9-16(12)14(22)20-15(23)21-16/h2-3,6-8H,4-5,9,18H2,1H3,(H2,20,21,22,23). The van der Waals surface area contributed by atoms with Gasteiger partial charge < -0.3 is 20.5 Å². The summed E-state index contributed by atoms with van der Waals surface area (Å²) in [4.78, 5) is 28.3. The molecule has 1 unspecified atom stereocenters. The molecule has 130 valence electrons. The number of rotatable bonds is 2. The highest BCUT2D eigenvalue weighted by Crippen LogP contribution is 2.53. The first-order valence-electron chi connectivity index (χ1n) is 7.96. The molecule has 25 heavy (non-hydrogen) atoms. The lowest BCUT2D eigenvalue weighted by Gasteiger charge is -2.25. The van der Waals surface area contributed by atoms with Gasteiger partial charge in [0, 0.05) is 37.0 Å². The van der Waals surface area contributed by atoms with Crippen LogP contribution in [0.4, 0.5) is 4.79 Å². The molecule has 2 spiro atoms. The van der Waals surface area contributed by atoms with Crippen LogP contribution in [0.1, 0.15) is 23.1 Å². The molecule has 2 aliphatic heterocycles. The van der Waals surface area contributed by atoms with Crippen molar-refractivity contribution in [1.82, 2.24) is 10.6 Å². The predicted molar refractivity (Wildman–Crippen MR) is 89.6 cm³/mol. The lowest BCUT2D eigenvalue weighted by molar-refractivity contribution is -0.174. The van der Waals surface area contributed by atoms with Crippen LogP contribution in [-0.2, 0) is 25.6 Å². The Kier molecular flexibility index (Phi) is 3.41. The second-order valence-electron chi connectivity index (χ2n) is 6.21. The molecule has 2 saturated heterocycles. The average molecular weight is 342 g/mol. The second-order valence-corrected chi connectivity index (χ2v) is 6.21. The summed E-state index contributed by atoms with van der Waals surface area (Å²) in [6.07, 6.45) is 3.31. The Morgan fingerprint density at radius 1 is 1.28 bits per heavy atom. The molecule has 4 rings (SSSR count). The minimum absolute atomic E-state index is 0.194. The van der Waals surface area contributed by atoms with Crippen molar-refractivity contribution in [2.24, 2.45) is 10.7 Å². The van der Waals surface area contributed by atoms with Crippen LogP contribution in [0.3, 0.4) is 0 Å². The fraction of sp³-hybridized carbons (Fsp3) is 0.353. The van der Waals surface area contributed by atoms with Gasteiger partial charge in [0.2, 0.25) is 0 Å². The first-order valence-corrected chi connectivity index (χ1v) is 7.96. The van der Waals surface area contributed by atoms with Crippen molar-refractivity contribution in [2.75, 3.05) is 20.3 Å². The molecule has 4 N–H and O–H groups in total. The Balaban J connectivity index is 1.89. The summed E-state index contributed by atoms with van der Waals surface area (Å²) >= 11 is 0. The van der Waals surface area contributed by atoms with Crippen molar-refractivity contribution in [2.45, 2.75) is 17.7 Å². The lowest BCUT2D eigenvalue weighted by Crippen LogP contribution is -2.43. The molecule has 0 aromatic heterocycles. The van der Waals surface area contributed by atoms with Crippen LogP contribution in [-0.4, -0.2) is 38.4 Å². The number of amides is 3. The third-order valence-electron chi connectivity index (χ3n) is 4.86. The molecule has 8 nitrogen and oxygen atoms in total. The Bertz CT molecular complexity index is 826. The molecule has 3 aliphatic rings. The third kappa shape index (κ3) is 2.11. The number of aliphatic imine (C=N–C) groups is 1. The third-order valence-corrected chi connectivity index (χ3v) is 4.86. The molecule has 2 fully saturated rings. The Morgan fingerprint density at radius 2 is 2.04 bits per heavy atom. The monoisotopic (exact) mass is 342 g/mol. The maximum atomic E-state index is 12.5.